The van der Waals surface area contributed by atoms with E-state index < -0.39 is 4.92 Å². The number of ether oxygens (including phenoxy) is 1. The third-order valence-electron chi connectivity index (χ3n) is 3.34. The molecule has 2 aromatic rings. The van der Waals surface area contributed by atoms with Crippen LogP contribution >= 0.6 is 0 Å². The van der Waals surface area contributed by atoms with Crippen LogP contribution in [0.25, 0.3) is 0 Å². The molecule has 0 aliphatic heterocycles. The normalized spacial score (nSPS) is 11.4. The number of benzene rings is 2. The summed E-state index contributed by atoms with van der Waals surface area (Å²) in [5.41, 5.74) is 0.433. The molecule has 1 unspecified atom stereocenters. The molecule has 0 aliphatic rings. The minimum atomic E-state index is -0.516. The van der Waals surface area contributed by atoms with Gasteiger partial charge in [-0.2, -0.15) is 0 Å². The summed E-state index contributed by atoms with van der Waals surface area (Å²) in [6.45, 7) is 2.25. The van der Waals surface area contributed by atoms with Crippen LogP contribution in [0.15, 0.2) is 48.5 Å². The van der Waals surface area contributed by atoms with Gasteiger partial charge in [-0.05, 0) is 31.2 Å². The quantitative estimate of drug-likeness (QED) is 0.602. The Morgan fingerprint density at radius 2 is 1.96 bits per heavy atom. The van der Waals surface area contributed by atoms with Crippen molar-refractivity contribution >= 4 is 17.3 Å². The molecule has 7 heteroatoms. The lowest BCUT2D eigenvalue weighted by Crippen LogP contribution is -2.23. The van der Waals surface area contributed by atoms with Gasteiger partial charge in [0, 0.05) is 18.7 Å². The molecule has 0 fully saturated rings. The summed E-state index contributed by atoms with van der Waals surface area (Å²) in [7, 11) is 1.48. The molecule has 1 atom stereocenters. The van der Waals surface area contributed by atoms with Crippen LogP contribution in [0.1, 0.15) is 17.3 Å². The van der Waals surface area contributed by atoms with Crippen LogP contribution in [0.2, 0.25) is 0 Å². The number of carbonyl (C=O) groups is 1. The zero-order valence-corrected chi connectivity index (χ0v) is 13.5. The Morgan fingerprint density at radius 1 is 1.25 bits per heavy atom. The van der Waals surface area contributed by atoms with Crippen LogP contribution in [0.4, 0.5) is 11.4 Å². The standard InChI is InChI=1S/C17H19N3O4/c1-12(24-14-6-4-3-5-7-14)11-19-15-9-8-13(17(21)18-2)10-16(15)20(22)23/h3-10,12,19H,11H2,1-2H3,(H,18,21). The molecule has 2 aromatic carbocycles. The first-order valence-corrected chi connectivity index (χ1v) is 7.47. The van der Waals surface area contributed by atoms with Gasteiger partial charge in [0.05, 0.1) is 11.5 Å². The first-order valence-electron chi connectivity index (χ1n) is 7.47. The summed E-state index contributed by atoms with van der Waals surface area (Å²) in [5, 5.41) is 16.7. The van der Waals surface area contributed by atoms with E-state index in [9.17, 15) is 14.9 Å². The summed E-state index contributed by atoms with van der Waals surface area (Å²) < 4.78 is 5.72. The molecule has 2 rings (SSSR count). The molecule has 2 N–H and O–H groups in total. The Hall–Kier alpha value is -3.09. The average Bonchev–Trinajstić information content (AvgIpc) is 2.60. The van der Waals surface area contributed by atoms with Gasteiger partial charge in [0.25, 0.3) is 11.6 Å². The Labute approximate surface area is 139 Å². The van der Waals surface area contributed by atoms with E-state index in [4.69, 9.17) is 4.74 Å². The number of rotatable bonds is 7. The molecule has 24 heavy (non-hydrogen) atoms. The lowest BCUT2D eigenvalue weighted by molar-refractivity contribution is -0.384. The number of nitrogens with zero attached hydrogens (tertiary/aromatic N) is 1. The fraction of sp³-hybridized carbons (Fsp3) is 0.235. The maximum atomic E-state index is 11.6. The highest BCUT2D eigenvalue weighted by Gasteiger charge is 2.17. The van der Waals surface area contributed by atoms with E-state index in [1.165, 1.54) is 25.2 Å². The smallest absolute Gasteiger partial charge is 0.293 e. The predicted octanol–water partition coefficient (Wildman–Crippen LogP) is 2.83. The third kappa shape index (κ3) is 4.45. The molecule has 0 heterocycles. The molecule has 7 nitrogen and oxygen atoms in total. The van der Waals surface area contributed by atoms with Gasteiger partial charge in [0.15, 0.2) is 0 Å². The van der Waals surface area contributed by atoms with Crippen molar-refractivity contribution in [1.29, 1.82) is 0 Å². The van der Waals surface area contributed by atoms with E-state index in [1.807, 2.05) is 37.3 Å². The SMILES string of the molecule is CNC(=O)c1ccc(NCC(C)Oc2ccccc2)c([N+](=O)[O-])c1. The van der Waals surface area contributed by atoms with Crippen LogP contribution in [0, 0.1) is 10.1 Å². The van der Waals surface area contributed by atoms with E-state index in [0.717, 1.165) is 5.75 Å². The van der Waals surface area contributed by atoms with Crippen molar-refractivity contribution in [2.24, 2.45) is 0 Å². The van der Waals surface area contributed by atoms with Crippen molar-refractivity contribution < 1.29 is 14.5 Å². The third-order valence-corrected chi connectivity index (χ3v) is 3.34. The molecule has 0 spiro atoms. The van der Waals surface area contributed by atoms with Crippen molar-refractivity contribution in [3.63, 3.8) is 0 Å². The number of hydrogen-bond donors (Lipinski definition) is 2. The lowest BCUT2D eigenvalue weighted by atomic mass is 10.1. The number of anilines is 1. The van der Waals surface area contributed by atoms with Crippen LogP contribution in [0.3, 0.4) is 0 Å². The van der Waals surface area contributed by atoms with E-state index in [2.05, 4.69) is 10.6 Å². The highest BCUT2D eigenvalue weighted by Crippen LogP contribution is 2.25. The minimum absolute atomic E-state index is 0.150. The highest BCUT2D eigenvalue weighted by atomic mass is 16.6. The van der Waals surface area contributed by atoms with Gasteiger partial charge in [0.1, 0.15) is 17.5 Å². The monoisotopic (exact) mass is 329 g/mol. The van der Waals surface area contributed by atoms with E-state index in [-0.39, 0.29) is 23.3 Å². The van der Waals surface area contributed by atoms with Crippen LogP contribution in [0.5, 0.6) is 5.75 Å². The molecule has 0 aromatic heterocycles. The van der Waals surface area contributed by atoms with Gasteiger partial charge >= 0.3 is 0 Å². The van der Waals surface area contributed by atoms with Gasteiger partial charge in [-0.15, -0.1) is 0 Å². The zero-order chi connectivity index (χ0) is 17.5. The largest absolute Gasteiger partial charge is 0.489 e. The van der Waals surface area contributed by atoms with Gasteiger partial charge in [-0.1, -0.05) is 18.2 Å². The Kier molecular flexibility index (Phi) is 5.73. The number of amides is 1. The van der Waals surface area contributed by atoms with E-state index in [0.29, 0.717) is 12.2 Å². The fourth-order valence-electron chi connectivity index (χ4n) is 2.14. The van der Waals surface area contributed by atoms with Gasteiger partial charge in [-0.25, -0.2) is 0 Å². The topological polar surface area (TPSA) is 93.5 Å². The Bertz CT molecular complexity index is 719. The molecule has 0 radical (unpaired) electrons. The van der Waals surface area contributed by atoms with Crippen LogP contribution < -0.4 is 15.4 Å². The van der Waals surface area contributed by atoms with Gasteiger partial charge in [0.2, 0.25) is 0 Å². The van der Waals surface area contributed by atoms with Gasteiger partial charge in [-0.3, -0.25) is 14.9 Å². The maximum absolute atomic E-state index is 11.6. The highest BCUT2D eigenvalue weighted by molar-refractivity contribution is 5.95. The Balaban J connectivity index is 2.06. The maximum Gasteiger partial charge on any atom is 0.293 e. The van der Waals surface area contributed by atoms with Crippen molar-refractivity contribution in [2.45, 2.75) is 13.0 Å². The average molecular weight is 329 g/mol. The molecule has 0 bridgehead atoms. The van der Waals surface area contributed by atoms with Crippen LogP contribution in [-0.2, 0) is 0 Å². The first-order chi connectivity index (χ1) is 11.5. The van der Waals surface area contributed by atoms with Crippen molar-refractivity contribution in [3.8, 4) is 5.75 Å². The molecule has 0 saturated carbocycles. The molecular weight excluding hydrogens is 310 g/mol. The lowest BCUT2D eigenvalue weighted by Gasteiger charge is -2.16. The summed E-state index contributed by atoms with van der Waals surface area (Å²) in [6.07, 6.45) is -0.189. The zero-order valence-electron chi connectivity index (χ0n) is 13.5. The molecular formula is C17H19N3O4. The predicted molar refractivity (Wildman–Crippen MR) is 91.5 cm³/mol. The first kappa shape index (κ1) is 17.3. The number of nitro groups is 1. The van der Waals surface area contributed by atoms with Crippen molar-refractivity contribution in [3.05, 3.63) is 64.2 Å². The molecule has 0 saturated heterocycles. The number of nitro benzene ring substituents is 1. The summed E-state index contributed by atoms with van der Waals surface area (Å²) in [5.74, 6) is 0.363. The fourth-order valence-corrected chi connectivity index (χ4v) is 2.14. The van der Waals surface area contributed by atoms with Gasteiger partial charge < -0.3 is 15.4 Å². The van der Waals surface area contributed by atoms with Crippen molar-refractivity contribution in [1.82, 2.24) is 5.32 Å². The second-order valence-corrected chi connectivity index (χ2v) is 5.19. The summed E-state index contributed by atoms with van der Waals surface area (Å²) in [4.78, 5) is 22.3. The summed E-state index contributed by atoms with van der Waals surface area (Å²) >= 11 is 0. The number of carbonyl (C=O) groups excluding carboxylic acids is 1. The Morgan fingerprint density at radius 3 is 2.58 bits per heavy atom. The second kappa shape index (κ2) is 7.96. The van der Waals surface area contributed by atoms with Crippen molar-refractivity contribution in [2.75, 3.05) is 18.9 Å². The molecule has 0 aliphatic carbocycles. The van der Waals surface area contributed by atoms with E-state index >= 15 is 0 Å². The van der Waals surface area contributed by atoms with E-state index in [1.54, 1.807) is 0 Å². The summed E-state index contributed by atoms with van der Waals surface area (Å²) in [6, 6.07) is 13.6. The number of nitrogens with one attached hydrogen (secondary N) is 2. The number of hydrogen-bond acceptors (Lipinski definition) is 5. The van der Waals surface area contributed by atoms with Crippen LogP contribution in [-0.4, -0.2) is 30.5 Å². The molecule has 126 valence electrons. The number of para-hydroxylation sites is 1. The minimum Gasteiger partial charge on any atom is -0.489 e. The second-order valence-electron chi connectivity index (χ2n) is 5.19. The molecule has 1 amide bonds.